The van der Waals surface area contributed by atoms with Crippen LogP contribution in [0.15, 0.2) is 78.5 Å². The maximum absolute atomic E-state index is 12.6. The zero-order chi connectivity index (χ0) is 26.9. The molecule has 0 saturated heterocycles. The fourth-order valence-electron chi connectivity index (χ4n) is 3.88. The van der Waals surface area contributed by atoms with Crippen LogP contribution in [-0.4, -0.2) is 39.0 Å². The molecule has 1 heterocycles. The summed E-state index contributed by atoms with van der Waals surface area (Å²) in [4.78, 5) is 24.7. The number of carbonyl (C=O) groups excluding carboxylic acids is 2. The highest BCUT2D eigenvalue weighted by molar-refractivity contribution is 7.99. The van der Waals surface area contributed by atoms with E-state index in [1.807, 2.05) is 42.7 Å². The molecule has 8 nitrogen and oxygen atoms in total. The molecule has 0 radical (unpaired) electrons. The topological polar surface area (TPSA) is 95.3 Å². The Hall–Kier alpha value is -4.11. The Morgan fingerprint density at radius 2 is 1.95 bits per heavy atom. The third-order valence-electron chi connectivity index (χ3n) is 5.76. The number of thioether (sulfide) groups is 1. The van der Waals surface area contributed by atoms with E-state index in [-0.39, 0.29) is 18.3 Å². The van der Waals surface area contributed by atoms with Crippen molar-refractivity contribution >= 4 is 40.1 Å². The van der Waals surface area contributed by atoms with Gasteiger partial charge in [-0.15, -0.1) is 16.8 Å². The Balaban J connectivity index is 1.38. The second kappa shape index (κ2) is 12.9. The summed E-state index contributed by atoms with van der Waals surface area (Å²) >= 11 is 1.27. The van der Waals surface area contributed by atoms with Crippen LogP contribution in [0.2, 0.25) is 0 Å². The van der Waals surface area contributed by atoms with E-state index in [1.165, 1.54) is 11.8 Å². The van der Waals surface area contributed by atoms with E-state index in [9.17, 15) is 9.59 Å². The molecule has 0 aliphatic carbocycles. The van der Waals surface area contributed by atoms with Gasteiger partial charge >= 0.3 is 5.97 Å². The minimum Gasteiger partial charge on any atom is -0.485 e. The van der Waals surface area contributed by atoms with Crippen molar-refractivity contribution in [2.75, 3.05) is 17.7 Å². The standard InChI is InChI=1S/C29H30N4O4S/c1-4-15-33-26(18-37-25-14-13-21-9-6-7-12-24(21)20(25)3)31-32-29(33)38-19-27(34)30-23-11-8-10-22(17-23)28(35)36-16-5-2/h4,6-14,17H,1,5,15-16,18-19H2,2-3H3,(H,30,34). The molecule has 0 spiro atoms. The highest BCUT2D eigenvalue weighted by atomic mass is 32.2. The van der Waals surface area contributed by atoms with Gasteiger partial charge in [0.1, 0.15) is 12.4 Å². The van der Waals surface area contributed by atoms with Gasteiger partial charge in [-0.25, -0.2) is 4.79 Å². The number of hydrogen-bond acceptors (Lipinski definition) is 7. The molecule has 4 rings (SSSR count). The van der Waals surface area contributed by atoms with Crippen molar-refractivity contribution in [2.24, 2.45) is 0 Å². The molecule has 9 heteroatoms. The monoisotopic (exact) mass is 530 g/mol. The Bertz CT molecular complexity index is 1450. The van der Waals surface area contributed by atoms with Crippen molar-refractivity contribution in [3.63, 3.8) is 0 Å². The molecule has 1 aromatic heterocycles. The van der Waals surface area contributed by atoms with Crippen molar-refractivity contribution in [1.29, 1.82) is 0 Å². The molecule has 4 aromatic rings. The SMILES string of the molecule is C=CCn1c(COc2ccc3ccccc3c2C)nnc1SCC(=O)Nc1cccc(C(=O)OCCC)c1. The molecule has 196 valence electrons. The minimum atomic E-state index is -0.413. The van der Waals surface area contributed by atoms with Gasteiger partial charge < -0.3 is 14.8 Å². The van der Waals surface area contributed by atoms with E-state index < -0.39 is 5.97 Å². The molecular formula is C29H30N4O4S. The predicted molar refractivity (Wildman–Crippen MR) is 150 cm³/mol. The summed E-state index contributed by atoms with van der Waals surface area (Å²) in [6.45, 7) is 8.86. The van der Waals surface area contributed by atoms with Gasteiger partial charge in [-0.1, -0.05) is 61.2 Å². The van der Waals surface area contributed by atoms with E-state index >= 15 is 0 Å². The van der Waals surface area contributed by atoms with Crippen LogP contribution in [0.25, 0.3) is 10.8 Å². The fraction of sp³-hybridized carbons (Fsp3) is 0.241. The Kier molecular flexibility index (Phi) is 9.16. The molecular weight excluding hydrogens is 500 g/mol. The molecule has 38 heavy (non-hydrogen) atoms. The smallest absolute Gasteiger partial charge is 0.338 e. The highest BCUT2D eigenvalue weighted by Gasteiger charge is 2.16. The summed E-state index contributed by atoms with van der Waals surface area (Å²) in [7, 11) is 0. The van der Waals surface area contributed by atoms with Crippen LogP contribution in [0, 0.1) is 6.92 Å². The second-order valence-electron chi connectivity index (χ2n) is 8.55. The first-order valence-electron chi connectivity index (χ1n) is 12.3. The van der Waals surface area contributed by atoms with E-state index in [0.29, 0.717) is 35.4 Å². The van der Waals surface area contributed by atoms with E-state index in [4.69, 9.17) is 9.47 Å². The number of amides is 1. The molecule has 0 atom stereocenters. The molecule has 0 bridgehead atoms. The van der Waals surface area contributed by atoms with Crippen molar-refractivity contribution in [3.8, 4) is 5.75 Å². The lowest BCUT2D eigenvalue weighted by atomic mass is 10.0. The number of allylic oxidation sites excluding steroid dienone is 1. The molecule has 0 aliphatic heterocycles. The van der Waals surface area contributed by atoms with Crippen LogP contribution in [-0.2, 0) is 22.7 Å². The van der Waals surface area contributed by atoms with Gasteiger partial charge in [-0.3, -0.25) is 9.36 Å². The van der Waals surface area contributed by atoms with Crippen LogP contribution in [0.1, 0.15) is 35.1 Å². The van der Waals surface area contributed by atoms with E-state index in [0.717, 1.165) is 28.5 Å². The number of anilines is 1. The van der Waals surface area contributed by atoms with Crippen LogP contribution in [0.4, 0.5) is 5.69 Å². The van der Waals surface area contributed by atoms with E-state index in [2.05, 4.69) is 34.2 Å². The number of rotatable bonds is 12. The largest absolute Gasteiger partial charge is 0.485 e. The number of fused-ring (bicyclic) bond motifs is 1. The summed E-state index contributed by atoms with van der Waals surface area (Å²) in [6.07, 6.45) is 2.49. The molecule has 0 saturated carbocycles. The lowest BCUT2D eigenvalue weighted by Gasteiger charge is -2.12. The molecule has 1 N–H and O–H groups in total. The second-order valence-corrected chi connectivity index (χ2v) is 9.49. The van der Waals surface area contributed by atoms with E-state index in [1.54, 1.807) is 30.3 Å². The maximum Gasteiger partial charge on any atom is 0.338 e. The number of esters is 1. The first-order chi connectivity index (χ1) is 18.5. The Labute approximate surface area is 226 Å². The summed E-state index contributed by atoms with van der Waals surface area (Å²) in [5, 5.41) is 14.3. The highest BCUT2D eigenvalue weighted by Crippen LogP contribution is 2.28. The molecule has 0 unspecified atom stereocenters. The number of aryl methyl sites for hydroxylation is 1. The van der Waals surface area contributed by atoms with Crippen molar-refractivity contribution < 1.29 is 19.1 Å². The van der Waals surface area contributed by atoms with Crippen LogP contribution >= 0.6 is 11.8 Å². The van der Waals surface area contributed by atoms with Gasteiger partial charge in [0, 0.05) is 12.2 Å². The van der Waals surface area contributed by atoms with Crippen LogP contribution in [0.5, 0.6) is 5.75 Å². The van der Waals surface area contributed by atoms with Crippen molar-refractivity contribution in [2.45, 2.75) is 38.6 Å². The molecule has 0 fully saturated rings. The fourth-order valence-corrected chi connectivity index (χ4v) is 4.65. The van der Waals surface area contributed by atoms with Crippen LogP contribution in [0.3, 0.4) is 0 Å². The van der Waals surface area contributed by atoms with Gasteiger partial charge in [-0.2, -0.15) is 0 Å². The summed E-state index contributed by atoms with van der Waals surface area (Å²) in [5.41, 5.74) is 1.97. The molecule has 0 aliphatic rings. The molecule has 1 amide bonds. The third kappa shape index (κ3) is 6.60. The number of ether oxygens (including phenoxy) is 2. The normalized spacial score (nSPS) is 10.8. The first-order valence-corrected chi connectivity index (χ1v) is 13.3. The number of aromatic nitrogens is 3. The van der Waals surface area contributed by atoms with Gasteiger partial charge in [0.15, 0.2) is 11.0 Å². The quantitative estimate of drug-likeness (QED) is 0.140. The van der Waals surface area contributed by atoms with Gasteiger partial charge in [0.2, 0.25) is 5.91 Å². The minimum absolute atomic E-state index is 0.116. The molecule has 3 aromatic carbocycles. The maximum atomic E-state index is 12.6. The Morgan fingerprint density at radius 1 is 1.11 bits per heavy atom. The average molecular weight is 531 g/mol. The number of carbonyl (C=O) groups is 2. The lowest BCUT2D eigenvalue weighted by molar-refractivity contribution is -0.113. The average Bonchev–Trinajstić information content (AvgIpc) is 3.32. The number of nitrogens with zero attached hydrogens (tertiary/aromatic N) is 3. The lowest BCUT2D eigenvalue weighted by Crippen LogP contribution is -2.15. The predicted octanol–water partition coefficient (Wildman–Crippen LogP) is 5.80. The number of benzene rings is 3. The first kappa shape index (κ1) is 26.9. The van der Waals surface area contributed by atoms with Gasteiger partial charge in [0.25, 0.3) is 0 Å². The Morgan fingerprint density at radius 3 is 2.76 bits per heavy atom. The van der Waals surface area contributed by atoms with Gasteiger partial charge in [-0.05, 0) is 53.9 Å². The zero-order valence-electron chi connectivity index (χ0n) is 21.5. The zero-order valence-corrected chi connectivity index (χ0v) is 22.3. The summed E-state index contributed by atoms with van der Waals surface area (Å²) in [6, 6.07) is 18.9. The third-order valence-corrected chi connectivity index (χ3v) is 6.73. The summed E-state index contributed by atoms with van der Waals surface area (Å²) in [5.74, 6) is 0.893. The summed E-state index contributed by atoms with van der Waals surface area (Å²) < 4.78 is 13.1. The van der Waals surface area contributed by atoms with Gasteiger partial charge in [0.05, 0.1) is 17.9 Å². The van der Waals surface area contributed by atoms with Crippen LogP contribution < -0.4 is 10.1 Å². The number of hydrogen-bond donors (Lipinski definition) is 1. The number of nitrogens with one attached hydrogen (secondary N) is 1. The van der Waals surface area contributed by atoms with Crippen molar-refractivity contribution in [3.05, 3.63) is 90.3 Å². The van der Waals surface area contributed by atoms with Crippen molar-refractivity contribution in [1.82, 2.24) is 14.8 Å².